The van der Waals surface area contributed by atoms with E-state index in [-0.39, 0.29) is 12.5 Å². The van der Waals surface area contributed by atoms with E-state index in [1.807, 2.05) is 0 Å². The van der Waals surface area contributed by atoms with Gasteiger partial charge in [-0.1, -0.05) is 332 Å². The average molecular weight is 1290 g/mol. The van der Waals surface area contributed by atoms with E-state index < -0.39 is 86.8 Å². The summed E-state index contributed by atoms with van der Waals surface area (Å²) in [5.74, 6) is -0.199. The van der Waals surface area contributed by atoms with Crippen LogP contribution in [0.3, 0.4) is 0 Å². The number of aliphatic hydroxyl groups is 8. The molecule has 0 saturated carbocycles. The minimum absolute atomic E-state index is 0.199. The zero-order chi connectivity index (χ0) is 65.9. The molecule has 14 nitrogen and oxygen atoms in total. The molecule has 0 aliphatic carbocycles. The number of aliphatic hydroxyl groups excluding tert-OH is 8. The molecule has 2 saturated heterocycles. The van der Waals surface area contributed by atoms with Crippen LogP contribution < -0.4 is 5.32 Å². The third-order valence-electron chi connectivity index (χ3n) is 18.8. The minimum Gasteiger partial charge on any atom is -0.394 e. The van der Waals surface area contributed by atoms with Crippen molar-refractivity contribution in [2.75, 3.05) is 19.8 Å². The summed E-state index contributed by atoms with van der Waals surface area (Å²) in [6.07, 6.45) is 64.3. The molecule has 2 aliphatic heterocycles. The van der Waals surface area contributed by atoms with Gasteiger partial charge in [0.1, 0.15) is 48.8 Å². The fourth-order valence-corrected chi connectivity index (χ4v) is 12.8. The van der Waals surface area contributed by atoms with E-state index in [0.717, 1.165) is 77.0 Å². The molecule has 0 radical (unpaired) electrons. The molecule has 2 aliphatic rings. The monoisotopic (exact) mass is 1290 g/mol. The molecule has 91 heavy (non-hydrogen) atoms. The molecule has 0 spiro atoms. The lowest BCUT2D eigenvalue weighted by molar-refractivity contribution is -0.359. The molecular formula is C77H143NO13. The lowest BCUT2D eigenvalue weighted by Crippen LogP contribution is -2.65. The second kappa shape index (κ2) is 61.5. The Morgan fingerprint density at radius 3 is 1.16 bits per heavy atom. The first-order chi connectivity index (χ1) is 44.6. The van der Waals surface area contributed by atoms with Crippen molar-refractivity contribution in [3.63, 3.8) is 0 Å². The fourth-order valence-electron chi connectivity index (χ4n) is 12.8. The molecule has 0 bridgehead atoms. The number of unbranched alkanes of at least 4 members (excludes halogenated alkanes) is 43. The van der Waals surface area contributed by atoms with Crippen LogP contribution in [-0.4, -0.2) is 140 Å². The van der Waals surface area contributed by atoms with Gasteiger partial charge in [-0.25, -0.2) is 0 Å². The molecule has 12 atom stereocenters. The predicted molar refractivity (Wildman–Crippen MR) is 374 cm³/mol. The number of nitrogens with one attached hydrogen (secondary N) is 1. The van der Waals surface area contributed by atoms with Crippen LogP contribution in [0.2, 0.25) is 0 Å². The van der Waals surface area contributed by atoms with Gasteiger partial charge in [-0.05, 0) is 51.4 Å². The Kier molecular flexibility index (Phi) is 57.5. The molecule has 2 fully saturated rings. The minimum atomic E-state index is -1.78. The SMILES string of the molecule is CC/C=C\C/C=C\C/C=C\C/C=C\CCCCCCCCCCCCCCCCCCCCCCCCCCC(=O)NC(COC1OC(CO)C(OC2OC(CO)C(O)C(O)C2O)C(O)C1O)C(O)CCCCCCCCCCCCCCCCCCCCCC. The zero-order valence-electron chi connectivity index (χ0n) is 58.3. The molecular weight excluding hydrogens is 1150 g/mol. The highest BCUT2D eigenvalue weighted by Crippen LogP contribution is 2.30. The number of hydrogen-bond donors (Lipinski definition) is 9. The summed E-state index contributed by atoms with van der Waals surface area (Å²) < 4.78 is 23.0. The zero-order valence-corrected chi connectivity index (χ0v) is 58.3. The molecule has 2 heterocycles. The average Bonchev–Trinajstić information content (AvgIpc) is 1.04. The molecule has 0 aromatic heterocycles. The quantitative estimate of drug-likeness (QED) is 0.0204. The predicted octanol–water partition coefficient (Wildman–Crippen LogP) is 16.6. The second-order valence-electron chi connectivity index (χ2n) is 27.1. The van der Waals surface area contributed by atoms with Gasteiger partial charge in [-0.2, -0.15) is 0 Å². The first-order valence-corrected chi connectivity index (χ1v) is 38.4. The third-order valence-corrected chi connectivity index (χ3v) is 18.8. The van der Waals surface area contributed by atoms with Crippen LogP contribution in [0.5, 0.6) is 0 Å². The van der Waals surface area contributed by atoms with E-state index in [1.54, 1.807) is 0 Å². The van der Waals surface area contributed by atoms with Crippen molar-refractivity contribution >= 4 is 5.91 Å². The van der Waals surface area contributed by atoms with E-state index in [9.17, 15) is 45.6 Å². The topological polar surface area (TPSA) is 228 Å². The number of ether oxygens (including phenoxy) is 4. The molecule has 12 unspecified atom stereocenters. The van der Waals surface area contributed by atoms with Gasteiger partial charge < -0.3 is 65.1 Å². The summed E-state index contributed by atoms with van der Waals surface area (Å²) in [7, 11) is 0. The van der Waals surface area contributed by atoms with Crippen molar-refractivity contribution in [2.24, 2.45) is 0 Å². The van der Waals surface area contributed by atoms with Gasteiger partial charge in [0.25, 0.3) is 0 Å². The molecule has 0 aromatic rings. The van der Waals surface area contributed by atoms with Gasteiger partial charge in [0.2, 0.25) is 5.91 Å². The Balaban J connectivity index is 1.58. The van der Waals surface area contributed by atoms with Gasteiger partial charge in [-0.15, -0.1) is 0 Å². The Morgan fingerprint density at radius 2 is 0.758 bits per heavy atom. The summed E-state index contributed by atoms with van der Waals surface area (Å²) in [4.78, 5) is 13.4. The van der Waals surface area contributed by atoms with Gasteiger partial charge in [0.15, 0.2) is 12.6 Å². The first-order valence-electron chi connectivity index (χ1n) is 38.4. The Morgan fingerprint density at radius 1 is 0.407 bits per heavy atom. The lowest BCUT2D eigenvalue weighted by Gasteiger charge is -2.46. The van der Waals surface area contributed by atoms with Crippen molar-refractivity contribution in [2.45, 2.75) is 415 Å². The van der Waals surface area contributed by atoms with Gasteiger partial charge in [0.05, 0.1) is 32.0 Å². The summed E-state index contributed by atoms with van der Waals surface area (Å²) >= 11 is 0. The molecule has 2 rings (SSSR count). The molecule has 534 valence electrons. The first kappa shape index (κ1) is 85.0. The van der Waals surface area contributed by atoms with E-state index in [0.29, 0.717) is 12.8 Å². The van der Waals surface area contributed by atoms with Crippen molar-refractivity contribution in [3.8, 4) is 0 Å². The maximum Gasteiger partial charge on any atom is 0.220 e. The second-order valence-corrected chi connectivity index (χ2v) is 27.1. The largest absolute Gasteiger partial charge is 0.394 e. The maximum absolute atomic E-state index is 13.4. The van der Waals surface area contributed by atoms with E-state index in [2.05, 4.69) is 67.8 Å². The molecule has 9 N–H and O–H groups in total. The Labute approximate surface area is 556 Å². The normalized spacial score (nSPS) is 23.0. The van der Waals surface area contributed by atoms with Crippen LogP contribution in [-0.2, 0) is 23.7 Å². The summed E-state index contributed by atoms with van der Waals surface area (Å²) in [5.41, 5.74) is 0. The van der Waals surface area contributed by atoms with Crippen LogP contribution in [0.15, 0.2) is 48.6 Å². The van der Waals surface area contributed by atoms with Crippen LogP contribution in [0.4, 0.5) is 0 Å². The highest BCUT2D eigenvalue weighted by atomic mass is 16.7. The van der Waals surface area contributed by atoms with Crippen molar-refractivity contribution in [1.29, 1.82) is 0 Å². The third kappa shape index (κ3) is 45.2. The van der Waals surface area contributed by atoms with Crippen molar-refractivity contribution < 1.29 is 64.6 Å². The maximum atomic E-state index is 13.4. The van der Waals surface area contributed by atoms with Gasteiger partial charge >= 0.3 is 0 Å². The van der Waals surface area contributed by atoms with Crippen molar-refractivity contribution in [3.05, 3.63) is 48.6 Å². The number of hydrogen-bond acceptors (Lipinski definition) is 13. The van der Waals surface area contributed by atoms with E-state index in [1.165, 1.54) is 238 Å². The molecule has 14 heteroatoms. The standard InChI is InChI=1S/C77H143NO13/c1-3-5-7-9-11-13-15-17-19-21-23-25-26-27-28-29-30-31-32-33-34-35-36-37-38-39-40-41-43-45-47-49-51-53-55-57-59-61-69(82)78-65(66(81)60-58-56-54-52-50-48-46-44-42-24-22-20-18-16-14-12-10-8-6-4-2)64-88-76-74(87)72(85)75(68(63-80)90-76)91-77-73(86)71(84)70(83)67(62-79)89-77/h5,7,11,13,17,19,23,25,65-68,70-77,79-81,83-87H,3-4,6,8-10,12,14-16,18,20-22,24,26-64H2,1-2H3,(H,78,82)/b7-5-,13-11-,19-17-,25-23-. The summed E-state index contributed by atoms with van der Waals surface area (Å²) in [6, 6.07) is -0.828. The van der Waals surface area contributed by atoms with Gasteiger partial charge in [0, 0.05) is 6.42 Å². The summed E-state index contributed by atoms with van der Waals surface area (Å²) in [6.45, 7) is 2.80. The van der Waals surface area contributed by atoms with E-state index in [4.69, 9.17) is 18.9 Å². The summed E-state index contributed by atoms with van der Waals surface area (Å²) in [5, 5.41) is 87.7. The highest BCUT2D eigenvalue weighted by Gasteiger charge is 2.51. The Bertz CT molecular complexity index is 1710. The number of rotatable bonds is 64. The van der Waals surface area contributed by atoms with Crippen LogP contribution in [0, 0.1) is 0 Å². The Hall–Kier alpha value is -2.05. The fraction of sp³-hybridized carbons (Fsp3) is 0.883. The molecule has 0 aromatic carbocycles. The smallest absolute Gasteiger partial charge is 0.220 e. The number of carbonyl (C=O) groups is 1. The number of amides is 1. The van der Waals surface area contributed by atoms with Crippen LogP contribution in [0.25, 0.3) is 0 Å². The highest BCUT2D eigenvalue weighted by molar-refractivity contribution is 5.76. The van der Waals surface area contributed by atoms with Crippen LogP contribution >= 0.6 is 0 Å². The number of carbonyl (C=O) groups excluding carboxylic acids is 1. The lowest BCUT2D eigenvalue weighted by atomic mass is 9.97. The van der Waals surface area contributed by atoms with Crippen molar-refractivity contribution in [1.82, 2.24) is 5.32 Å². The number of allylic oxidation sites excluding steroid dienone is 8. The van der Waals surface area contributed by atoms with E-state index >= 15 is 0 Å². The van der Waals surface area contributed by atoms with Crippen LogP contribution in [0.1, 0.15) is 341 Å². The van der Waals surface area contributed by atoms with Gasteiger partial charge in [-0.3, -0.25) is 4.79 Å². The molecule has 1 amide bonds.